The summed E-state index contributed by atoms with van der Waals surface area (Å²) in [6.07, 6.45) is 0. The van der Waals surface area contributed by atoms with Gasteiger partial charge in [-0.3, -0.25) is 0 Å². The predicted octanol–water partition coefficient (Wildman–Crippen LogP) is 2.34. The molecule has 1 aromatic heterocycles. The fourth-order valence-electron chi connectivity index (χ4n) is 2.29. The van der Waals surface area contributed by atoms with E-state index in [2.05, 4.69) is 44.9 Å². The molecule has 0 fully saturated rings. The number of ether oxygens (including phenoxy) is 1. The van der Waals surface area contributed by atoms with Crippen LogP contribution in [0.15, 0.2) is 35.3 Å². The second kappa shape index (κ2) is 8.80. The van der Waals surface area contributed by atoms with Crippen LogP contribution in [0, 0.1) is 6.92 Å². The van der Waals surface area contributed by atoms with Crippen LogP contribution in [-0.4, -0.2) is 40.0 Å². The number of guanidine groups is 1. The molecule has 2 N–H and O–H groups in total. The van der Waals surface area contributed by atoms with Crippen molar-refractivity contribution in [3.05, 3.63) is 47.5 Å². The Labute approximate surface area is 155 Å². The minimum atomic E-state index is -0.292. The Kier molecular flexibility index (Phi) is 6.74. The van der Waals surface area contributed by atoms with Crippen molar-refractivity contribution >= 4 is 5.96 Å². The summed E-state index contributed by atoms with van der Waals surface area (Å²) >= 11 is 0. The highest BCUT2D eigenvalue weighted by Crippen LogP contribution is 2.11. The van der Waals surface area contributed by atoms with E-state index in [9.17, 15) is 0 Å². The standard InChI is InChI=1S/C19H30N6O/c1-14(16-10-8-7-9-11-16)22-18(21-13-19(3,4)26-6)20-12-17-24-23-15(2)25(17)5/h7-11,14H,12-13H2,1-6H3,(H2,20,21,22). The zero-order chi connectivity index (χ0) is 19.2. The maximum absolute atomic E-state index is 5.49. The molecule has 1 heterocycles. The molecule has 0 bridgehead atoms. The van der Waals surface area contributed by atoms with Crippen molar-refractivity contribution in [1.82, 2.24) is 25.4 Å². The molecule has 142 valence electrons. The first-order valence-corrected chi connectivity index (χ1v) is 8.82. The van der Waals surface area contributed by atoms with Gasteiger partial charge in [0.1, 0.15) is 12.4 Å². The van der Waals surface area contributed by atoms with Crippen LogP contribution in [0.2, 0.25) is 0 Å². The number of hydrogen-bond acceptors (Lipinski definition) is 4. The molecule has 1 atom stereocenters. The number of aliphatic imine (C=N–C) groups is 1. The number of benzene rings is 1. The molecule has 26 heavy (non-hydrogen) atoms. The summed E-state index contributed by atoms with van der Waals surface area (Å²) in [7, 11) is 3.65. The number of rotatable bonds is 7. The van der Waals surface area contributed by atoms with Crippen molar-refractivity contribution in [2.24, 2.45) is 12.0 Å². The predicted molar refractivity (Wildman–Crippen MR) is 104 cm³/mol. The lowest BCUT2D eigenvalue weighted by molar-refractivity contribution is 0.0268. The summed E-state index contributed by atoms with van der Waals surface area (Å²) in [6.45, 7) is 9.18. The molecular weight excluding hydrogens is 328 g/mol. The highest BCUT2D eigenvalue weighted by Gasteiger charge is 2.18. The lowest BCUT2D eigenvalue weighted by Crippen LogP contribution is -2.46. The van der Waals surface area contributed by atoms with Crippen molar-refractivity contribution in [3.63, 3.8) is 0 Å². The first-order valence-electron chi connectivity index (χ1n) is 8.82. The number of nitrogens with one attached hydrogen (secondary N) is 2. The minimum Gasteiger partial charge on any atom is -0.377 e. The molecular formula is C19H30N6O. The van der Waals surface area contributed by atoms with Gasteiger partial charge in [0, 0.05) is 20.7 Å². The van der Waals surface area contributed by atoms with Crippen molar-refractivity contribution in [3.8, 4) is 0 Å². The lowest BCUT2D eigenvalue weighted by atomic mass is 10.1. The van der Waals surface area contributed by atoms with E-state index in [1.807, 2.05) is 50.6 Å². The Balaban J connectivity index is 2.12. The van der Waals surface area contributed by atoms with E-state index in [1.165, 1.54) is 5.56 Å². The lowest BCUT2D eigenvalue weighted by Gasteiger charge is -2.26. The van der Waals surface area contributed by atoms with Crippen molar-refractivity contribution in [1.29, 1.82) is 0 Å². The SMILES string of the molecule is COC(C)(C)CNC(=NCc1nnc(C)n1C)NC(C)c1ccccc1. The topological polar surface area (TPSA) is 76.4 Å². The molecule has 7 nitrogen and oxygen atoms in total. The molecule has 0 aliphatic carbocycles. The minimum absolute atomic E-state index is 0.120. The van der Waals surface area contributed by atoms with Gasteiger partial charge >= 0.3 is 0 Å². The molecule has 0 saturated carbocycles. The van der Waals surface area contributed by atoms with Crippen LogP contribution in [0.1, 0.15) is 44.0 Å². The van der Waals surface area contributed by atoms with E-state index in [4.69, 9.17) is 4.74 Å². The third kappa shape index (κ3) is 5.56. The summed E-state index contributed by atoms with van der Waals surface area (Å²) in [6, 6.07) is 10.4. The van der Waals surface area contributed by atoms with Crippen molar-refractivity contribution in [2.75, 3.05) is 13.7 Å². The van der Waals surface area contributed by atoms with Gasteiger partial charge in [-0.05, 0) is 33.3 Å². The van der Waals surface area contributed by atoms with Gasteiger partial charge in [0.2, 0.25) is 0 Å². The summed E-state index contributed by atoms with van der Waals surface area (Å²) < 4.78 is 7.44. The van der Waals surface area contributed by atoms with E-state index in [0.29, 0.717) is 19.0 Å². The molecule has 0 amide bonds. The first kappa shape index (κ1) is 19.9. The number of nitrogens with zero attached hydrogens (tertiary/aromatic N) is 4. The third-order valence-electron chi connectivity index (χ3n) is 4.45. The second-order valence-corrected chi connectivity index (χ2v) is 6.98. The smallest absolute Gasteiger partial charge is 0.192 e. The molecule has 1 aromatic carbocycles. The maximum atomic E-state index is 5.49. The van der Waals surface area contributed by atoms with Crippen LogP contribution < -0.4 is 10.6 Å². The fraction of sp³-hybridized carbons (Fsp3) is 0.526. The second-order valence-electron chi connectivity index (χ2n) is 6.98. The highest BCUT2D eigenvalue weighted by atomic mass is 16.5. The molecule has 2 rings (SSSR count). The molecule has 1 unspecified atom stereocenters. The van der Waals surface area contributed by atoms with Gasteiger partial charge in [-0.15, -0.1) is 10.2 Å². The molecule has 0 saturated heterocycles. The summed E-state index contributed by atoms with van der Waals surface area (Å²) in [5.74, 6) is 2.41. The normalized spacial score (nSPS) is 13.5. The summed E-state index contributed by atoms with van der Waals surface area (Å²) in [4.78, 5) is 4.69. The Bertz CT molecular complexity index is 723. The maximum Gasteiger partial charge on any atom is 0.192 e. The third-order valence-corrected chi connectivity index (χ3v) is 4.45. The number of hydrogen-bond donors (Lipinski definition) is 2. The summed E-state index contributed by atoms with van der Waals surface area (Å²) in [5, 5.41) is 15.1. The van der Waals surface area contributed by atoms with E-state index < -0.39 is 0 Å². The Hall–Kier alpha value is -2.41. The van der Waals surface area contributed by atoms with E-state index >= 15 is 0 Å². The van der Waals surface area contributed by atoms with Gasteiger partial charge in [0.25, 0.3) is 0 Å². The number of methoxy groups -OCH3 is 1. The molecule has 0 aliphatic heterocycles. The summed E-state index contributed by atoms with van der Waals surface area (Å²) in [5.41, 5.74) is 0.905. The average molecular weight is 358 g/mol. The quantitative estimate of drug-likeness (QED) is 0.587. The largest absolute Gasteiger partial charge is 0.377 e. The van der Waals surface area contributed by atoms with Gasteiger partial charge in [-0.25, -0.2) is 4.99 Å². The van der Waals surface area contributed by atoms with Crippen LogP contribution >= 0.6 is 0 Å². The Morgan fingerprint density at radius 2 is 1.96 bits per heavy atom. The van der Waals surface area contributed by atoms with Crippen LogP contribution in [0.4, 0.5) is 0 Å². The Morgan fingerprint density at radius 3 is 2.54 bits per heavy atom. The van der Waals surface area contributed by atoms with Crippen molar-refractivity contribution in [2.45, 2.75) is 45.9 Å². The fourth-order valence-corrected chi connectivity index (χ4v) is 2.29. The number of aryl methyl sites for hydroxylation is 1. The molecule has 0 radical (unpaired) electrons. The van der Waals surface area contributed by atoms with Crippen LogP contribution in [0.25, 0.3) is 0 Å². The van der Waals surface area contributed by atoms with Gasteiger partial charge in [-0.2, -0.15) is 0 Å². The number of aromatic nitrogens is 3. The van der Waals surface area contributed by atoms with Gasteiger partial charge in [0.15, 0.2) is 11.8 Å². The highest BCUT2D eigenvalue weighted by molar-refractivity contribution is 5.80. The average Bonchev–Trinajstić information content (AvgIpc) is 2.96. The van der Waals surface area contributed by atoms with Crippen LogP contribution in [0.5, 0.6) is 0 Å². The van der Waals surface area contributed by atoms with Crippen molar-refractivity contribution < 1.29 is 4.74 Å². The molecule has 2 aromatic rings. The molecule has 0 spiro atoms. The zero-order valence-electron chi connectivity index (χ0n) is 16.6. The Morgan fingerprint density at radius 1 is 1.27 bits per heavy atom. The van der Waals surface area contributed by atoms with Crippen LogP contribution in [-0.2, 0) is 18.3 Å². The van der Waals surface area contributed by atoms with E-state index in [0.717, 1.165) is 11.6 Å². The zero-order valence-corrected chi connectivity index (χ0v) is 16.6. The van der Waals surface area contributed by atoms with Crippen LogP contribution in [0.3, 0.4) is 0 Å². The van der Waals surface area contributed by atoms with Gasteiger partial charge < -0.3 is 19.9 Å². The van der Waals surface area contributed by atoms with E-state index in [1.54, 1.807) is 7.11 Å². The first-order chi connectivity index (χ1) is 12.3. The van der Waals surface area contributed by atoms with Gasteiger partial charge in [0.05, 0.1) is 11.6 Å². The van der Waals surface area contributed by atoms with E-state index in [-0.39, 0.29) is 11.6 Å². The van der Waals surface area contributed by atoms with Gasteiger partial charge in [-0.1, -0.05) is 30.3 Å². The molecule has 7 heteroatoms. The molecule has 0 aliphatic rings. The monoisotopic (exact) mass is 358 g/mol.